The summed E-state index contributed by atoms with van der Waals surface area (Å²) < 4.78 is 14.0. The van der Waals surface area contributed by atoms with Crippen LogP contribution in [0.3, 0.4) is 0 Å². The molecule has 1 unspecified atom stereocenters. The average Bonchev–Trinajstić information content (AvgIpc) is 2.42. The highest BCUT2D eigenvalue weighted by Gasteiger charge is 2.28. The Morgan fingerprint density at radius 1 is 1.21 bits per heavy atom. The lowest BCUT2D eigenvalue weighted by molar-refractivity contribution is -0.000525. The van der Waals surface area contributed by atoms with Crippen LogP contribution in [0, 0.1) is 11.7 Å². The van der Waals surface area contributed by atoms with Gasteiger partial charge in [0.05, 0.1) is 5.71 Å². The number of nitrogens with zero attached hydrogens (tertiary/aromatic N) is 1. The quantitative estimate of drug-likeness (QED) is 0.561. The molecule has 1 saturated carbocycles. The SMILES string of the molecule is CC(C)=NOC(c1ccccc1F)C1CCCCC1. The standard InChI is InChI=1S/C16H22FNO/c1-12(2)18-19-16(13-8-4-3-5-9-13)14-10-6-7-11-15(14)17/h6-7,10-11,13,16H,3-5,8-9H2,1-2H3. The molecule has 2 rings (SSSR count). The van der Waals surface area contributed by atoms with Crippen LogP contribution in [-0.2, 0) is 4.84 Å². The van der Waals surface area contributed by atoms with Crippen LogP contribution in [-0.4, -0.2) is 5.71 Å². The van der Waals surface area contributed by atoms with Crippen LogP contribution in [0.2, 0.25) is 0 Å². The van der Waals surface area contributed by atoms with Crippen LogP contribution in [0.4, 0.5) is 4.39 Å². The summed E-state index contributed by atoms with van der Waals surface area (Å²) in [4.78, 5) is 5.66. The molecule has 1 aliphatic carbocycles. The van der Waals surface area contributed by atoms with E-state index < -0.39 is 0 Å². The van der Waals surface area contributed by atoms with Crippen molar-refractivity contribution >= 4 is 5.71 Å². The van der Waals surface area contributed by atoms with E-state index in [2.05, 4.69) is 5.16 Å². The Bertz CT molecular complexity index is 434. The highest BCUT2D eigenvalue weighted by Crippen LogP contribution is 2.37. The minimum atomic E-state index is -0.253. The molecule has 1 atom stereocenters. The molecule has 0 saturated heterocycles. The zero-order valence-electron chi connectivity index (χ0n) is 11.7. The second-order valence-electron chi connectivity index (χ2n) is 5.48. The maximum Gasteiger partial charge on any atom is 0.158 e. The van der Waals surface area contributed by atoms with Gasteiger partial charge in [-0.25, -0.2) is 4.39 Å². The first-order chi connectivity index (χ1) is 9.18. The van der Waals surface area contributed by atoms with Gasteiger partial charge in [-0.1, -0.05) is 42.6 Å². The van der Waals surface area contributed by atoms with Gasteiger partial charge in [-0.15, -0.1) is 0 Å². The van der Waals surface area contributed by atoms with Gasteiger partial charge in [0.25, 0.3) is 0 Å². The van der Waals surface area contributed by atoms with Crippen LogP contribution in [0.1, 0.15) is 57.6 Å². The fraction of sp³-hybridized carbons (Fsp3) is 0.562. The summed E-state index contributed by atoms with van der Waals surface area (Å²) in [5.74, 6) is 0.177. The summed E-state index contributed by atoms with van der Waals surface area (Å²) in [6, 6.07) is 6.89. The van der Waals surface area contributed by atoms with Gasteiger partial charge in [0.15, 0.2) is 6.10 Å². The zero-order chi connectivity index (χ0) is 13.7. The molecule has 0 aliphatic heterocycles. The van der Waals surface area contributed by atoms with Crippen molar-refractivity contribution < 1.29 is 9.23 Å². The molecule has 1 aliphatic rings. The van der Waals surface area contributed by atoms with Crippen molar-refractivity contribution in [2.75, 3.05) is 0 Å². The largest absolute Gasteiger partial charge is 0.387 e. The summed E-state index contributed by atoms with van der Waals surface area (Å²) in [6.07, 6.45) is 5.61. The first-order valence-corrected chi connectivity index (χ1v) is 7.10. The van der Waals surface area contributed by atoms with Gasteiger partial charge in [0, 0.05) is 11.5 Å². The van der Waals surface area contributed by atoms with E-state index in [1.807, 2.05) is 26.0 Å². The first-order valence-electron chi connectivity index (χ1n) is 7.10. The highest BCUT2D eigenvalue weighted by molar-refractivity contribution is 5.78. The monoisotopic (exact) mass is 263 g/mol. The molecule has 0 bridgehead atoms. The van der Waals surface area contributed by atoms with Crippen molar-refractivity contribution in [3.05, 3.63) is 35.6 Å². The number of halogens is 1. The predicted molar refractivity (Wildman–Crippen MR) is 75.6 cm³/mol. The van der Waals surface area contributed by atoms with Crippen molar-refractivity contribution in [3.63, 3.8) is 0 Å². The third kappa shape index (κ3) is 3.79. The molecular weight excluding hydrogens is 241 g/mol. The number of hydrogen-bond donors (Lipinski definition) is 0. The molecule has 0 amide bonds. The maximum atomic E-state index is 14.0. The average molecular weight is 263 g/mol. The van der Waals surface area contributed by atoms with E-state index in [-0.39, 0.29) is 11.9 Å². The Labute approximate surface area is 114 Å². The van der Waals surface area contributed by atoms with Gasteiger partial charge in [-0.3, -0.25) is 0 Å². The molecule has 3 heteroatoms. The third-order valence-electron chi connectivity index (χ3n) is 3.64. The van der Waals surface area contributed by atoms with Gasteiger partial charge in [-0.05, 0) is 32.8 Å². The Kier molecular flexibility index (Phi) is 4.94. The van der Waals surface area contributed by atoms with E-state index in [4.69, 9.17) is 4.84 Å². The van der Waals surface area contributed by atoms with E-state index in [0.29, 0.717) is 11.5 Å². The van der Waals surface area contributed by atoms with E-state index in [0.717, 1.165) is 18.6 Å². The summed E-state index contributed by atoms with van der Waals surface area (Å²) in [5.41, 5.74) is 1.50. The van der Waals surface area contributed by atoms with E-state index >= 15 is 0 Å². The molecule has 0 aromatic heterocycles. The normalized spacial score (nSPS) is 17.8. The number of oxime groups is 1. The van der Waals surface area contributed by atoms with Crippen molar-refractivity contribution in [3.8, 4) is 0 Å². The Morgan fingerprint density at radius 2 is 1.89 bits per heavy atom. The number of benzene rings is 1. The second-order valence-corrected chi connectivity index (χ2v) is 5.48. The van der Waals surface area contributed by atoms with Gasteiger partial charge < -0.3 is 4.84 Å². The van der Waals surface area contributed by atoms with E-state index in [1.54, 1.807) is 6.07 Å². The molecular formula is C16H22FNO. The minimum absolute atomic E-state index is 0.193. The van der Waals surface area contributed by atoms with Gasteiger partial charge in [0.2, 0.25) is 0 Å². The molecule has 0 spiro atoms. The lowest BCUT2D eigenvalue weighted by Crippen LogP contribution is -2.19. The van der Waals surface area contributed by atoms with Gasteiger partial charge in [-0.2, -0.15) is 0 Å². The van der Waals surface area contributed by atoms with Crippen molar-refractivity contribution in [2.24, 2.45) is 11.1 Å². The van der Waals surface area contributed by atoms with Crippen molar-refractivity contribution in [1.29, 1.82) is 0 Å². The van der Waals surface area contributed by atoms with E-state index in [9.17, 15) is 4.39 Å². The summed E-state index contributed by atoms with van der Waals surface area (Å²) in [5, 5.41) is 4.07. The van der Waals surface area contributed by atoms with Crippen LogP contribution in [0.5, 0.6) is 0 Å². The molecule has 19 heavy (non-hydrogen) atoms. The summed E-state index contributed by atoms with van der Waals surface area (Å²) >= 11 is 0. The van der Waals surface area contributed by atoms with Crippen LogP contribution in [0.15, 0.2) is 29.4 Å². The zero-order valence-corrected chi connectivity index (χ0v) is 11.7. The lowest BCUT2D eigenvalue weighted by Gasteiger charge is -2.29. The van der Waals surface area contributed by atoms with E-state index in [1.165, 1.54) is 25.3 Å². The topological polar surface area (TPSA) is 21.6 Å². The molecule has 1 aromatic rings. The van der Waals surface area contributed by atoms with Gasteiger partial charge in [0.1, 0.15) is 5.82 Å². The molecule has 1 aromatic carbocycles. The maximum absolute atomic E-state index is 14.0. The molecule has 104 valence electrons. The fourth-order valence-corrected chi connectivity index (χ4v) is 2.70. The van der Waals surface area contributed by atoms with Crippen LogP contribution < -0.4 is 0 Å². The molecule has 0 N–H and O–H groups in total. The van der Waals surface area contributed by atoms with Crippen molar-refractivity contribution in [2.45, 2.75) is 52.1 Å². The minimum Gasteiger partial charge on any atom is -0.387 e. The second kappa shape index (κ2) is 6.69. The molecule has 0 heterocycles. The number of hydrogen-bond acceptors (Lipinski definition) is 2. The Morgan fingerprint density at radius 3 is 2.53 bits per heavy atom. The summed E-state index contributed by atoms with van der Waals surface area (Å²) in [6.45, 7) is 3.78. The fourth-order valence-electron chi connectivity index (χ4n) is 2.70. The number of rotatable bonds is 4. The highest BCUT2D eigenvalue weighted by atomic mass is 19.1. The van der Waals surface area contributed by atoms with Gasteiger partial charge >= 0.3 is 0 Å². The van der Waals surface area contributed by atoms with Crippen LogP contribution >= 0.6 is 0 Å². The smallest absolute Gasteiger partial charge is 0.158 e. The third-order valence-corrected chi connectivity index (χ3v) is 3.64. The molecule has 2 nitrogen and oxygen atoms in total. The Balaban J connectivity index is 2.22. The predicted octanol–water partition coefficient (Wildman–Crippen LogP) is 4.86. The molecule has 1 fully saturated rings. The summed E-state index contributed by atoms with van der Waals surface area (Å²) in [7, 11) is 0. The Hall–Kier alpha value is -1.38. The first kappa shape index (κ1) is 14.0. The molecule has 0 radical (unpaired) electrons. The van der Waals surface area contributed by atoms with Crippen LogP contribution in [0.25, 0.3) is 0 Å². The van der Waals surface area contributed by atoms with Crippen molar-refractivity contribution in [1.82, 2.24) is 0 Å². The lowest BCUT2D eigenvalue weighted by atomic mass is 9.82.